The molecule has 2 aromatic heterocycles. The first-order chi connectivity index (χ1) is 16.0. The Morgan fingerprint density at radius 1 is 1.12 bits per heavy atom. The van der Waals surface area contributed by atoms with Gasteiger partial charge in [-0.05, 0) is 25.5 Å². The van der Waals surface area contributed by atoms with E-state index in [0.29, 0.717) is 17.4 Å². The first-order valence-electron chi connectivity index (χ1n) is 10.7. The fraction of sp³-hybridized carbons (Fsp3) is 0.292. The SMILES string of the molecule is CCOC(=O)C[C@@H](NC(=O)CSc1nnc2c3ccccc3n(C)c2n1)c1ccc(C)cc1. The van der Waals surface area contributed by atoms with Crippen molar-refractivity contribution >= 4 is 45.7 Å². The Morgan fingerprint density at radius 3 is 2.64 bits per heavy atom. The second-order valence-corrected chi connectivity index (χ2v) is 8.61. The van der Waals surface area contributed by atoms with Crippen LogP contribution in [-0.2, 0) is 21.4 Å². The van der Waals surface area contributed by atoms with Crippen LogP contribution in [-0.4, -0.2) is 44.0 Å². The van der Waals surface area contributed by atoms with E-state index in [1.54, 1.807) is 6.92 Å². The number of rotatable bonds is 8. The van der Waals surface area contributed by atoms with Crippen molar-refractivity contribution in [3.63, 3.8) is 0 Å². The zero-order valence-corrected chi connectivity index (χ0v) is 19.6. The number of para-hydroxylation sites is 1. The van der Waals surface area contributed by atoms with Gasteiger partial charge in [0.1, 0.15) is 5.52 Å². The molecule has 9 heteroatoms. The summed E-state index contributed by atoms with van der Waals surface area (Å²) in [7, 11) is 1.93. The third kappa shape index (κ3) is 5.14. The molecule has 170 valence electrons. The first kappa shape index (κ1) is 22.7. The molecule has 0 unspecified atom stereocenters. The Hall–Kier alpha value is -3.46. The van der Waals surface area contributed by atoms with Gasteiger partial charge in [-0.25, -0.2) is 4.98 Å². The summed E-state index contributed by atoms with van der Waals surface area (Å²) in [6, 6.07) is 15.2. The largest absolute Gasteiger partial charge is 0.466 e. The van der Waals surface area contributed by atoms with Crippen LogP contribution < -0.4 is 5.32 Å². The fourth-order valence-electron chi connectivity index (χ4n) is 3.66. The van der Waals surface area contributed by atoms with Gasteiger partial charge >= 0.3 is 5.97 Å². The predicted octanol–water partition coefficient (Wildman–Crippen LogP) is 3.73. The predicted molar refractivity (Wildman–Crippen MR) is 128 cm³/mol. The zero-order chi connectivity index (χ0) is 23.4. The molecule has 0 aliphatic rings. The van der Waals surface area contributed by atoms with Crippen LogP contribution in [0.3, 0.4) is 0 Å². The monoisotopic (exact) mass is 463 g/mol. The van der Waals surface area contributed by atoms with E-state index >= 15 is 0 Å². The molecule has 0 saturated carbocycles. The Bertz CT molecular complexity index is 1300. The van der Waals surface area contributed by atoms with Gasteiger partial charge in [0.25, 0.3) is 0 Å². The van der Waals surface area contributed by atoms with Crippen molar-refractivity contribution in [3.05, 3.63) is 59.7 Å². The van der Waals surface area contributed by atoms with Crippen LogP contribution in [0.1, 0.15) is 30.5 Å². The van der Waals surface area contributed by atoms with Gasteiger partial charge in [-0.3, -0.25) is 9.59 Å². The highest BCUT2D eigenvalue weighted by molar-refractivity contribution is 7.99. The average Bonchev–Trinajstić information content (AvgIpc) is 3.10. The maximum absolute atomic E-state index is 12.7. The van der Waals surface area contributed by atoms with Gasteiger partial charge < -0.3 is 14.6 Å². The molecule has 8 nitrogen and oxygen atoms in total. The molecule has 1 amide bonds. The molecule has 1 atom stereocenters. The standard InChI is InChI=1S/C24H25N5O3S/c1-4-32-21(31)13-18(16-11-9-15(2)10-12-16)25-20(30)14-33-24-26-23-22(27-28-24)17-7-5-6-8-19(17)29(23)3/h5-12,18H,4,13-14H2,1-3H3,(H,25,30)/t18-/m1/s1. The quantitative estimate of drug-likeness (QED) is 0.314. The number of carbonyl (C=O) groups excluding carboxylic acids is 2. The summed E-state index contributed by atoms with van der Waals surface area (Å²) in [4.78, 5) is 29.4. The van der Waals surface area contributed by atoms with E-state index in [0.717, 1.165) is 27.5 Å². The van der Waals surface area contributed by atoms with Crippen LogP contribution in [0.2, 0.25) is 0 Å². The summed E-state index contributed by atoms with van der Waals surface area (Å²) < 4.78 is 7.05. The summed E-state index contributed by atoms with van der Waals surface area (Å²) in [5, 5.41) is 12.9. The number of aromatic nitrogens is 4. The minimum Gasteiger partial charge on any atom is -0.466 e. The Morgan fingerprint density at radius 2 is 1.88 bits per heavy atom. The molecule has 4 rings (SSSR count). The van der Waals surface area contributed by atoms with Crippen LogP contribution in [0, 0.1) is 6.92 Å². The molecule has 33 heavy (non-hydrogen) atoms. The molecule has 0 aliphatic carbocycles. The minimum absolute atomic E-state index is 0.0628. The van der Waals surface area contributed by atoms with Crippen LogP contribution >= 0.6 is 11.8 Å². The number of hydrogen-bond acceptors (Lipinski definition) is 7. The van der Waals surface area contributed by atoms with Gasteiger partial charge in [0.05, 0.1) is 30.3 Å². The van der Waals surface area contributed by atoms with Crippen LogP contribution in [0.5, 0.6) is 0 Å². The average molecular weight is 464 g/mol. The lowest BCUT2D eigenvalue weighted by molar-refractivity contribution is -0.143. The third-order valence-corrected chi connectivity index (χ3v) is 6.15. The zero-order valence-electron chi connectivity index (χ0n) is 18.7. The molecule has 0 saturated heterocycles. The van der Waals surface area contributed by atoms with Gasteiger partial charge in [-0.1, -0.05) is 59.8 Å². The lowest BCUT2D eigenvalue weighted by Gasteiger charge is -2.18. The van der Waals surface area contributed by atoms with E-state index in [2.05, 4.69) is 20.5 Å². The second-order valence-electron chi connectivity index (χ2n) is 7.67. The Labute approximate surface area is 195 Å². The van der Waals surface area contributed by atoms with Crippen LogP contribution in [0.4, 0.5) is 0 Å². The van der Waals surface area contributed by atoms with Crippen molar-refractivity contribution in [2.24, 2.45) is 7.05 Å². The van der Waals surface area contributed by atoms with E-state index in [-0.39, 0.29) is 24.1 Å². The van der Waals surface area contributed by atoms with Crippen molar-refractivity contribution in [2.45, 2.75) is 31.5 Å². The molecule has 0 fully saturated rings. The fourth-order valence-corrected chi connectivity index (χ4v) is 4.25. The molecule has 1 N–H and O–H groups in total. The van der Waals surface area contributed by atoms with Gasteiger partial charge in [-0.2, -0.15) is 0 Å². The van der Waals surface area contributed by atoms with Gasteiger partial charge in [-0.15, -0.1) is 10.2 Å². The van der Waals surface area contributed by atoms with Crippen molar-refractivity contribution in [1.82, 2.24) is 25.1 Å². The maximum Gasteiger partial charge on any atom is 0.308 e. The van der Waals surface area contributed by atoms with E-state index in [1.165, 1.54) is 11.8 Å². The molecule has 0 radical (unpaired) electrons. The molecular formula is C24H25N5O3S. The van der Waals surface area contributed by atoms with Crippen LogP contribution in [0.25, 0.3) is 22.1 Å². The maximum atomic E-state index is 12.7. The smallest absolute Gasteiger partial charge is 0.308 e. The molecule has 0 aliphatic heterocycles. The Balaban J connectivity index is 1.46. The number of hydrogen-bond donors (Lipinski definition) is 1. The summed E-state index contributed by atoms with van der Waals surface area (Å²) in [6.45, 7) is 4.04. The van der Waals surface area contributed by atoms with E-state index < -0.39 is 6.04 Å². The molecule has 0 bridgehead atoms. The van der Waals surface area contributed by atoms with Crippen molar-refractivity contribution in [1.29, 1.82) is 0 Å². The lowest BCUT2D eigenvalue weighted by Crippen LogP contribution is -2.32. The number of aryl methyl sites for hydroxylation is 2. The number of amides is 1. The first-order valence-corrected chi connectivity index (χ1v) is 11.7. The normalized spacial score (nSPS) is 12.1. The van der Waals surface area contributed by atoms with Crippen molar-refractivity contribution in [2.75, 3.05) is 12.4 Å². The highest BCUT2D eigenvalue weighted by Gasteiger charge is 2.20. The highest BCUT2D eigenvalue weighted by Crippen LogP contribution is 2.26. The number of nitrogens with zero attached hydrogens (tertiary/aromatic N) is 4. The number of nitrogens with one attached hydrogen (secondary N) is 1. The number of carbonyl (C=O) groups is 2. The van der Waals surface area contributed by atoms with Crippen molar-refractivity contribution in [3.8, 4) is 0 Å². The summed E-state index contributed by atoms with van der Waals surface area (Å²) in [5.41, 5.74) is 4.42. The minimum atomic E-state index is -0.475. The van der Waals surface area contributed by atoms with Crippen LogP contribution in [0.15, 0.2) is 53.7 Å². The molecular weight excluding hydrogens is 438 g/mol. The lowest BCUT2D eigenvalue weighted by atomic mass is 10.0. The summed E-state index contributed by atoms with van der Waals surface area (Å²) in [6.07, 6.45) is 0.0628. The summed E-state index contributed by atoms with van der Waals surface area (Å²) >= 11 is 1.20. The highest BCUT2D eigenvalue weighted by atomic mass is 32.2. The number of thioether (sulfide) groups is 1. The van der Waals surface area contributed by atoms with E-state index in [1.807, 2.05) is 67.1 Å². The topological polar surface area (TPSA) is 99.0 Å². The molecule has 2 aromatic carbocycles. The third-order valence-electron chi connectivity index (χ3n) is 5.31. The molecule has 4 aromatic rings. The molecule has 2 heterocycles. The molecule has 0 spiro atoms. The second kappa shape index (κ2) is 9.99. The van der Waals surface area contributed by atoms with Crippen molar-refractivity contribution < 1.29 is 14.3 Å². The van der Waals surface area contributed by atoms with Gasteiger partial charge in [0.2, 0.25) is 11.1 Å². The number of benzene rings is 2. The van der Waals surface area contributed by atoms with E-state index in [9.17, 15) is 9.59 Å². The number of fused-ring (bicyclic) bond motifs is 3. The summed E-state index contributed by atoms with van der Waals surface area (Å²) in [5.74, 6) is -0.483. The number of esters is 1. The van der Waals surface area contributed by atoms with Gasteiger partial charge in [0, 0.05) is 12.4 Å². The van der Waals surface area contributed by atoms with E-state index in [4.69, 9.17) is 4.74 Å². The van der Waals surface area contributed by atoms with Gasteiger partial charge in [0.15, 0.2) is 5.65 Å². The Kier molecular flexibility index (Phi) is 6.88. The number of ether oxygens (including phenoxy) is 1.